The Morgan fingerprint density at radius 2 is 1.59 bits per heavy atom. The first kappa shape index (κ1) is 25.0. The van der Waals surface area contributed by atoms with Crippen LogP contribution in [0.25, 0.3) is 0 Å². The van der Waals surface area contributed by atoms with Crippen molar-refractivity contribution in [3.8, 4) is 11.5 Å². The molecule has 1 atom stereocenters. The van der Waals surface area contributed by atoms with Gasteiger partial charge in [0.15, 0.2) is 11.5 Å². The van der Waals surface area contributed by atoms with E-state index < -0.39 is 27.9 Å². The molecule has 0 saturated carbocycles. The largest absolute Gasteiger partial charge is 0.493 e. The van der Waals surface area contributed by atoms with Gasteiger partial charge >= 0.3 is 5.97 Å². The lowest BCUT2D eigenvalue weighted by Crippen LogP contribution is -2.47. The first-order valence-corrected chi connectivity index (χ1v) is 11.6. The van der Waals surface area contributed by atoms with Gasteiger partial charge in [0.1, 0.15) is 6.04 Å². The van der Waals surface area contributed by atoms with Gasteiger partial charge in [0.05, 0.1) is 44.5 Å². The van der Waals surface area contributed by atoms with Gasteiger partial charge in [-0.05, 0) is 25.5 Å². The van der Waals surface area contributed by atoms with Gasteiger partial charge in [-0.25, -0.2) is 13.2 Å². The number of aryl methyl sites for hydroxylation is 1. The molecule has 2 rings (SSSR count). The molecule has 0 radical (unpaired) electrons. The highest BCUT2D eigenvalue weighted by Gasteiger charge is 2.32. The normalized spacial score (nSPS) is 11.9. The van der Waals surface area contributed by atoms with Crippen molar-refractivity contribution < 1.29 is 32.2 Å². The number of nitrogens with zero attached hydrogens (tertiary/aromatic N) is 1. The summed E-state index contributed by atoms with van der Waals surface area (Å²) in [7, 11) is 0.241. The van der Waals surface area contributed by atoms with Gasteiger partial charge in [-0.1, -0.05) is 24.6 Å². The molecular formula is C22H28N2O7S. The molecule has 0 unspecified atom stereocenters. The number of nitrogens with one attached hydrogen (secondary N) is 1. The number of carbonyl (C=O) groups is 2. The summed E-state index contributed by atoms with van der Waals surface area (Å²) in [5.41, 5.74) is 1.46. The van der Waals surface area contributed by atoms with Gasteiger partial charge < -0.3 is 19.5 Å². The van der Waals surface area contributed by atoms with Crippen molar-refractivity contribution in [1.29, 1.82) is 0 Å². The molecule has 0 bridgehead atoms. The van der Waals surface area contributed by atoms with Crippen LogP contribution >= 0.6 is 0 Å². The predicted octanol–water partition coefficient (Wildman–Crippen LogP) is 2.98. The van der Waals surface area contributed by atoms with E-state index in [1.54, 1.807) is 31.2 Å². The Morgan fingerprint density at radius 3 is 2.06 bits per heavy atom. The number of ether oxygens (including phenoxy) is 3. The van der Waals surface area contributed by atoms with Crippen LogP contribution in [0.5, 0.6) is 11.5 Å². The first-order chi connectivity index (χ1) is 15.1. The zero-order valence-electron chi connectivity index (χ0n) is 19.0. The summed E-state index contributed by atoms with van der Waals surface area (Å²) in [6.07, 6.45) is 1.23. The molecule has 10 heteroatoms. The summed E-state index contributed by atoms with van der Waals surface area (Å²) in [6, 6.07) is 8.56. The maximum atomic E-state index is 13.2. The second kappa shape index (κ2) is 10.4. The molecule has 1 amide bonds. The van der Waals surface area contributed by atoms with Crippen molar-refractivity contribution in [3.63, 3.8) is 0 Å². The average molecular weight is 465 g/mol. The number of carbonyl (C=O) groups excluding carboxylic acids is 2. The minimum absolute atomic E-state index is 0.0367. The average Bonchev–Trinajstić information content (AvgIpc) is 2.76. The van der Waals surface area contributed by atoms with E-state index in [1.165, 1.54) is 33.5 Å². The Balaban J connectivity index is 2.52. The molecule has 174 valence electrons. The smallest absolute Gasteiger partial charge is 0.340 e. The Hall–Kier alpha value is -3.27. The molecule has 0 aliphatic rings. The second-order valence-electron chi connectivity index (χ2n) is 7.05. The third-order valence-corrected chi connectivity index (χ3v) is 5.98. The van der Waals surface area contributed by atoms with E-state index in [-0.39, 0.29) is 29.2 Å². The van der Waals surface area contributed by atoms with Crippen molar-refractivity contribution in [2.75, 3.05) is 37.2 Å². The van der Waals surface area contributed by atoms with E-state index in [9.17, 15) is 18.0 Å². The fourth-order valence-electron chi connectivity index (χ4n) is 3.23. The standard InChI is InChI=1S/C22H28N2O7S/c1-7-18(24(32(6,27)28)15-10-8-14(2)9-11-15)21(25)23-17-13-20(30-4)19(29-3)12-16(17)22(26)31-5/h8-13,18H,7H2,1-6H3,(H,23,25)/t18-/m1/s1. The topological polar surface area (TPSA) is 111 Å². The van der Waals surface area contributed by atoms with E-state index in [1.807, 2.05) is 6.92 Å². The molecule has 1 N–H and O–H groups in total. The van der Waals surface area contributed by atoms with Crippen LogP contribution in [0.1, 0.15) is 29.3 Å². The fourth-order valence-corrected chi connectivity index (χ4v) is 4.44. The summed E-state index contributed by atoms with van der Waals surface area (Å²) in [5.74, 6) is -0.763. The third-order valence-electron chi connectivity index (χ3n) is 4.81. The van der Waals surface area contributed by atoms with Gasteiger partial charge in [0, 0.05) is 12.1 Å². The Kier molecular flexibility index (Phi) is 8.09. The first-order valence-electron chi connectivity index (χ1n) is 9.78. The van der Waals surface area contributed by atoms with Gasteiger partial charge in [-0.15, -0.1) is 0 Å². The molecule has 0 saturated heterocycles. The van der Waals surface area contributed by atoms with Crippen LogP contribution in [-0.4, -0.2) is 53.9 Å². The second-order valence-corrected chi connectivity index (χ2v) is 8.91. The summed E-state index contributed by atoms with van der Waals surface area (Å²) >= 11 is 0. The van der Waals surface area contributed by atoms with Crippen molar-refractivity contribution in [2.45, 2.75) is 26.3 Å². The molecule has 0 spiro atoms. The minimum atomic E-state index is -3.80. The highest BCUT2D eigenvalue weighted by atomic mass is 32.2. The Bertz CT molecular complexity index is 1080. The molecule has 32 heavy (non-hydrogen) atoms. The zero-order valence-corrected chi connectivity index (χ0v) is 19.8. The molecule has 2 aromatic carbocycles. The SMILES string of the molecule is CC[C@H](C(=O)Nc1cc(OC)c(OC)cc1C(=O)OC)N(c1ccc(C)cc1)S(C)(=O)=O. The highest BCUT2D eigenvalue weighted by Crippen LogP contribution is 2.34. The van der Waals surface area contributed by atoms with Gasteiger partial charge in [0.25, 0.3) is 0 Å². The molecule has 0 heterocycles. The number of esters is 1. The summed E-state index contributed by atoms with van der Waals surface area (Å²) < 4.78 is 41.6. The van der Waals surface area contributed by atoms with E-state index >= 15 is 0 Å². The fraction of sp³-hybridized carbons (Fsp3) is 0.364. The maximum absolute atomic E-state index is 13.2. The maximum Gasteiger partial charge on any atom is 0.340 e. The van der Waals surface area contributed by atoms with E-state index in [0.717, 1.165) is 16.1 Å². The minimum Gasteiger partial charge on any atom is -0.493 e. The van der Waals surface area contributed by atoms with Crippen LogP contribution in [0.2, 0.25) is 0 Å². The van der Waals surface area contributed by atoms with Crippen molar-refractivity contribution in [2.24, 2.45) is 0 Å². The number of rotatable bonds is 9. The lowest BCUT2D eigenvalue weighted by Gasteiger charge is -2.30. The number of hydrogen-bond acceptors (Lipinski definition) is 7. The van der Waals surface area contributed by atoms with Crippen molar-refractivity contribution in [1.82, 2.24) is 0 Å². The monoisotopic (exact) mass is 464 g/mol. The lowest BCUT2D eigenvalue weighted by atomic mass is 10.1. The van der Waals surface area contributed by atoms with Crippen LogP contribution in [0.15, 0.2) is 36.4 Å². The molecule has 0 aliphatic carbocycles. The van der Waals surface area contributed by atoms with Gasteiger partial charge in [0.2, 0.25) is 15.9 Å². The number of methoxy groups -OCH3 is 3. The van der Waals surface area contributed by atoms with E-state index in [0.29, 0.717) is 5.69 Å². The van der Waals surface area contributed by atoms with Crippen LogP contribution < -0.4 is 19.1 Å². The molecule has 0 aromatic heterocycles. The number of amides is 1. The van der Waals surface area contributed by atoms with Crippen LogP contribution in [0.4, 0.5) is 11.4 Å². The highest BCUT2D eigenvalue weighted by molar-refractivity contribution is 7.92. The van der Waals surface area contributed by atoms with Crippen LogP contribution in [-0.2, 0) is 19.6 Å². The number of anilines is 2. The van der Waals surface area contributed by atoms with E-state index in [2.05, 4.69) is 5.32 Å². The predicted molar refractivity (Wildman–Crippen MR) is 122 cm³/mol. The molecule has 0 aliphatic heterocycles. The zero-order chi connectivity index (χ0) is 24.1. The van der Waals surface area contributed by atoms with Crippen molar-refractivity contribution in [3.05, 3.63) is 47.5 Å². The summed E-state index contributed by atoms with van der Waals surface area (Å²) in [4.78, 5) is 25.5. The summed E-state index contributed by atoms with van der Waals surface area (Å²) in [5, 5.41) is 2.66. The van der Waals surface area contributed by atoms with Crippen LogP contribution in [0.3, 0.4) is 0 Å². The number of benzene rings is 2. The van der Waals surface area contributed by atoms with E-state index in [4.69, 9.17) is 14.2 Å². The molecule has 9 nitrogen and oxygen atoms in total. The number of sulfonamides is 1. The third kappa shape index (κ3) is 5.50. The summed E-state index contributed by atoms with van der Waals surface area (Å²) in [6.45, 7) is 3.58. The lowest BCUT2D eigenvalue weighted by molar-refractivity contribution is -0.117. The quantitative estimate of drug-likeness (QED) is 0.568. The van der Waals surface area contributed by atoms with Gasteiger partial charge in [-0.3, -0.25) is 9.10 Å². The number of hydrogen-bond donors (Lipinski definition) is 1. The molecule has 0 fully saturated rings. The van der Waals surface area contributed by atoms with Crippen molar-refractivity contribution >= 4 is 33.3 Å². The van der Waals surface area contributed by atoms with Crippen LogP contribution in [0, 0.1) is 6.92 Å². The Morgan fingerprint density at radius 1 is 1.03 bits per heavy atom. The van der Waals surface area contributed by atoms with Gasteiger partial charge in [-0.2, -0.15) is 0 Å². The molecular weight excluding hydrogens is 436 g/mol. The Labute approximate surface area is 188 Å². The molecule has 2 aromatic rings.